The molecule has 2 rings (SSSR count). The van der Waals surface area contributed by atoms with E-state index in [9.17, 15) is 4.39 Å². The Bertz CT molecular complexity index is 544. The molecule has 0 saturated carbocycles. The van der Waals surface area contributed by atoms with Gasteiger partial charge < -0.3 is 10.1 Å². The SMILES string of the molecule is COCCNCc1ccc(-n2cc(I)cn2)c(F)c1. The molecule has 6 heteroatoms. The normalized spacial score (nSPS) is 10.9. The lowest BCUT2D eigenvalue weighted by Gasteiger charge is -2.07. The third-order valence-corrected chi connectivity index (χ3v) is 3.18. The van der Waals surface area contributed by atoms with Crippen molar-refractivity contribution in [3.63, 3.8) is 0 Å². The molecule has 0 radical (unpaired) electrons. The molecule has 1 aromatic carbocycles. The molecule has 0 aliphatic carbocycles. The lowest BCUT2D eigenvalue weighted by Crippen LogP contribution is -2.18. The van der Waals surface area contributed by atoms with E-state index in [1.54, 1.807) is 30.3 Å². The molecule has 0 amide bonds. The van der Waals surface area contributed by atoms with Crippen molar-refractivity contribution in [2.24, 2.45) is 0 Å². The van der Waals surface area contributed by atoms with Crippen LogP contribution in [0.3, 0.4) is 0 Å². The Morgan fingerprint density at radius 3 is 2.95 bits per heavy atom. The molecule has 0 spiro atoms. The molecule has 0 aliphatic rings. The molecule has 19 heavy (non-hydrogen) atoms. The number of benzene rings is 1. The van der Waals surface area contributed by atoms with E-state index >= 15 is 0 Å². The fourth-order valence-electron chi connectivity index (χ4n) is 1.69. The second kappa shape index (κ2) is 6.97. The van der Waals surface area contributed by atoms with E-state index in [-0.39, 0.29) is 5.82 Å². The van der Waals surface area contributed by atoms with Gasteiger partial charge in [-0.25, -0.2) is 9.07 Å². The fraction of sp³-hybridized carbons (Fsp3) is 0.308. The molecule has 0 fully saturated rings. The van der Waals surface area contributed by atoms with Crippen LogP contribution in [0.25, 0.3) is 5.69 Å². The monoisotopic (exact) mass is 375 g/mol. The lowest BCUT2D eigenvalue weighted by atomic mass is 10.2. The number of hydrogen-bond acceptors (Lipinski definition) is 3. The zero-order valence-electron chi connectivity index (χ0n) is 10.6. The van der Waals surface area contributed by atoms with Crippen LogP contribution in [0.5, 0.6) is 0 Å². The molecule has 1 N–H and O–H groups in total. The summed E-state index contributed by atoms with van der Waals surface area (Å²) in [6.45, 7) is 2.01. The van der Waals surface area contributed by atoms with Crippen LogP contribution in [0.4, 0.5) is 4.39 Å². The molecule has 0 unspecified atom stereocenters. The Morgan fingerprint density at radius 2 is 2.32 bits per heavy atom. The molecule has 1 aromatic heterocycles. The predicted octanol–water partition coefficient (Wildman–Crippen LogP) is 2.35. The average Bonchev–Trinajstić information content (AvgIpc) is 2.81. The van der Waals surface area contributed by atoms with Crippen LogP contribution in [0, 0.1) is 9.39 Å². The maximum absolute atomic E-state index is 14.0. The first-order valence-corrected chi connectivity index (χ1v) is 6.97. The number of rotatable bonds is 6. The van der Waals surface area contributed by atoms with Gasteiger partial charge in [-0.2, -0.15) is 5.10 Å². The standard InChI is InChI=1S/C13H15FIN3O/c1-19-5-4-16-7-10-2-3-13(12(14)6-10)18-9-11(15)8-17-18/h2-3,6,8-9,16H,4-5,7H2,1H3. The number of hydrogen-bond donors (Lipinski definition) is 1. The van der Waals surface area contributed by atoms with Crippen molar-refractivity contribution in [2.45, 2.75) is 6.54 Å². The minimum absolute atomic E-state index is 0.273. The van der Waals surface area contributed by atoms with E-state index in [0.717, 1.165) is 15.7 Å². The van der Waals surface area contributed by atoms with Crippen LogP contribution in [0.1, 0.15) is 5.56 Å². The van der Waals surface area contributed by atoms with Gasteiger partial charge in [0, 0.05) is 26.4 Å². The third kappa shape index (κ3) is 3.99. The van der Waals surface area contributed by atoms with Gasteiger partial charge in [0.2, 0.25) is 0 Å². The largest absolute Gasteiger partial charge is 0.383 e. The van der Waals surface area contributed by atoms with Gasteiger partial charge in [0.25, 0.3) is 0 Å². The highest BCUT2D eigenvalue weighted by Gasteiger charge is 2.06. The first-order valence-electron chi connectivity index (χ1n) is 5.89. The molecule has 0 bridgehead atoms. The maximum atomic E-state index is 14.0. The number of halogens is 2. The summed E-state index contributed by atoms with van der Waals surface area (Å²) in [6, 6.07) is 5.17. The Kier molecular flexibility index (Phi) is 5.29. The van der Waals surface area contributed by atoms with E-state index in [2.05, 4.69) is 33.0 Å². The van der Waals surface area contributed by atoms with Crippen LogP contribution in [0.15, 0.2) is 30.6 Å². The number of methoxy groups -OCH3 is 1. The molecule has 1 heterocycles. The molecular weight excluding hydrogens is 360 g/mol. The molecule has 4 nitrogen and oxygen atoms in total. The van der Waals surface area contributed by atoms with E-state index in [1.807, 2.05) is 6.07 Å². The van der Waals surface area contributed by atoms with Crippen molar-refractivity contribution in [2.75, 3.05) is 20.3 Å². The summed E-state index contributed by atoms with van der Waals surface area (Å²) in [5.41, 5.74) is 1.36. The first-order chi connectivity index (χ1) is 9.20. The van der Waals surface area contributed by atoms with E-state index in [1.165, 1.54) is 6.07 Å². The predicted molar refractivity (Wildman–Crippen MR) is 79.8 cm³/mol. The van der Waals surface area contributed by atoms with Crippen LogP contribution < -0.4 is 5.32 Å². The highest BCUT2D eigenvalue weighted by Crippen LogP contribution is 2.15. The van der Waals surface area contributed by atoms with Crippen LogP contribution >= 0.6 is 22.6 Å². The number of nitrogens with one attached hydrogen (secondary N) is 1. The third-order valence-electron chi connectivity index (χ3n) is 2.62. The van der Waals surface area contributed by atoms with E-state index < -0.39 is 0 Å². The second-order valence-electron chi connectivity index (χ2n) is 4.06. The fourth-order valence-corrected chi connectivity index (χ4v) is 2.07. The molecule has 2 aromatic rings. The minimum atomic E-state index is -0.273. The van der Waals surface area contributed by atoms with Crippen LogP contribution in [0.2, 0.25) is 0 Å². The van der Waals surface area contributed by atoms with Crippen LogP contribution in [-0.2, 0) is 11.3 Å². The molecule has 102 valence electrons. The van der Waals surface area contributed by atoms with Gasteiger partial charge in [-0.05, 0) is 40.3 Å². The highest BCUT2D eigenvalue weighted by molar-refractivity contribution is 14.1. The van der Waals surface area contributed by atoms with Gasteiger partial charge >= 0.3 is 0 Å². The summed E-state index contributed by atoms with van der Waals surface area (Å²) in [4.78, 5) is 0. The van der Waals surface area contributed by atoms with Crippen molar-refractivity contribution < 1.29 is 9.13 Å². The van der Waals surface area contributed by atoms with Crippen molar-refractivity contribution in [3.05, 3.63) is 45.5 Å². The first kappa shape index (κ1) is 14.4. The minimum Gasteiger partial charge on any atom is -0.383 e. The summed E-state index contributed by atoms with van der Waals surface area (Å²) in [7, 11) is 1.65. The Morgan fingerprint density at radius 1 is 1.47 bits per heavy atom. The summed E-state index contributed by atoms with van der Waals surface area (Å²) < 4.78 is 21.5. The van der Waals surface area contributed by atoms with E-state index in [0.29, 0.717) is 18.8 Å². The summed E-state index contributed by atoms with van der Waals surface area (Å²) in [6.07, 6.45) is 3.48. The molecule has 0 atom stereocenters. The lowest BCUT2D eigenvalue weighted by molar-refractivity contribution is 0.199. The topological polar surface area (TPSA) is 39.1 Å². The summed E-state index contributed by atoms with van der Waals surface area (Å²) in [5, 5.41) is 7.28. The second-order valence-corrected chi connectivity index (χ2v) is 5.30. The van der Waals surface area contributed by atoms with Gasteiger partial charge in [0.15, 0.2) is 0 Å². The maximum Gasteiger partial charge on any atom is 0.149 e. The zero-order valence-corrected chi connectivity index (χ0v) is 12.7. The van der Waals surface area contributed by atoms with E-state index in [4.69, 9.17) is 4.74 Å². The Labute approximate surface area is 125 Å². The molecular formula is C13H15FIN3O. The molecule has 0 saturated heterocycles. The molecule has 0 aliphatic heterocycles. The van der Waals surface area contributed by atoms with Gasteiger partial charge in [0.05, 0.1) is 16.4 Å². The number of ether oxygens (including phenoxy) is 1. The van der Waals surface area contributed by atoms with Crippen LogP contribution in [-0.4, -0.2) is 30.0 Å². The average molecular weight is 375 g/mol. The van der Waals surface area contributed by atoms with Crippen molar-refractivity contribution in [1.82, 2.24) is 15.1 Å². The van der Waals surface area contributed by atoms with Gasteiger partial charge in [0.1, 0.15) is 11.5 Å². The zero-order chi connectivity index (χ0) is 13.7. The number of nitrogens with zero attached hydrogens (tertiary/aromatic N) is 2. The quantitative estimate of drug-likeness (QED) is 0.623. The van der Waals surface area contributed by atoms with Gasteiger partial charge in [-0.1, -0.05) is 6.07 Å². The van der Waals surface area contributed by atoms with Gasteiger partial charge in [-0.3, -0.25) is 0 Å². The summed E-state index contributed by atoms with van der Waals surface area (Å²) >= 11 is 2.14. The van der Waals surface area contributed by atoms with Crippen molar-refractivity contribution in [3.8, 4) is 5.69 Å². The Hall–Kier alpha value is -0.990. The van der Waals surface area contributed by atoms with Crippen molar-refractivity contribution in [1.29, 1.82) is 0 Å². The Balaban J connectivity index is 2.05. The summed E-state index contributed by atoms with van der Waals surface area (Å²) in [5.74, 6) is -0.273. The number of aromatic nitrogens is 2. The van der Waals surface area contributed by atoms with Gasteiger partial charge in [-0.15, -0.1) is 0 Å². The highest BCUT2D eigenvalue weighted by atomic mass is 127. The van der Waals surface area contributed by atoms with Crippen molar-refractivity contribution >= 4 is 22.6 Å². The smallest absolute Gasteiger partial charge is 0.149 e.